The lowest BCUT2D eigenvalue weighted by atomic mass is 10.2. The Morgan fingerprint density at radius 3 is 2.38 bits per heavy atom. The van der Waals surface area contributed by atoms with Crippen molar-refractivity contribution < 1.29 is 19.1 Å². The quantitative estimate of drug-likeness (QED) is 0.291. The molecule has 0 aliphatic heterocycles. The summed E-state index contributed by atoms with van der Waals surface area (Å²) in [5.74, 6) is -0.357. The normalized spacial score (nSPS) is 11.2. The molecule has 0 saturated carbocycles. The second-order valence-electron chi connectivity index (χ2n) is 4.25. The van der Waals surface area contributed by atoms with Gasteiger partial charge in [-0.25, -0.2) is 0 Å². The Kier molecular flexibility index (Phi) is 7.93. The van der Waals surface area contributed by atoms with Gasteiger partial charge in [-0.2, -0.15) is 0 Å². The van der Waals surface area contributed by atoms with Crippen molar-refractivity contribution >= 4 is 18.3 Å². The second kappa shape index (κ2) is 9.79. The van der Waals surface area contributed by atoms with Gasteiger partial charge in [0.15, 0.2) is 6.29 Å². The van der Waals surface area contributed by atoms with Gasteiger partial charge in [0.2, 0.25) is 0 Å². The van der Waals surface area contributed by atoms with Crippen LogP contribution in [0.1, 0.15) is 5.69 Å². The van der Waals surface area contributed by atoms with Crippen molar-refractivity contribution in [3.05, 3.63) is 35.7 Å². The largest absolute Gasteiger partial charge is 0.383 e. The van der Waals surface area contributed by atoms with Gasteiger partial charge in [-0.3, -0.25) is 14.6 Å². The molecule has 1 rings (SSSR count). The topological polar surface area (TPSA) is 68.7 Å². The molecule has 0 atom stereocenters. The van der Waals surface area contributed by atoms with E-state index in [0.717, 1.165) is 0 Å². The van der Waals surface area contributed by atoms with E-state index in [1.807, 2.05) is 0 Å². The van der Waals surface area contributed by atoms with E-state index in [1.165, 1.54) is 11.0 Å². The molecule has 0 radical (unpaired) electrons. The number of ether oxygens (including phenoxy) is 2. The monoisotopic (exact) mass is 292 g/mol. The minimum atomic E-state index is -0.357. The molecule has 0 saturated heterocycles. The number of aldehydes is 1. The van der Waals surface area contributed by atoms with Crippen LogP contribution in [0.3, 0.4) is 0 Å². The molecule has 0 bridgehead atoms. The smallest absolute Gasteiger partial charge is 0.257 e. The number of carbonyl (C=O) groups is 2. The highest BCUT2D eigenvalue weighted by molar-refractivity contribution is 6.14. The van der Waals surface area contributed by atoms with Gasteiger partial charge >= 0.3 is 0 Å². The number of amides is 1. The maximum Gasteiger partial charge on any atom is 0.257 e. The minimum absolute atomic E-state index is 0.0564. The first-order chi connectivity index (χ1) is 10.2. The Morgan fingerprint density at radius 2 is 1.90 bits per heavy atom. The highest BCUT2D eigenvalue weighted by atomic mass is 16.5. The summed E-state index contributed by atoms with van der Waals surface area (Å²) in [6, 6.07) is 5.29. The van der Waals surface area contributed by atoms with Gasteiger partial charge < -0.3 is 14.4 Å². The highest BCUT2D eigenvalue weighted by Gasteiger charge is 2.17. The molecular formula is C15H20N2O4. The van der Waals surface area contributed by atoms with Crippen LogP contribution in [0.2, 0.25) is 0 Å². The van der Waals surface area contributed by atoms with Crippen LogP contribution in [0.25, 0.3) is 6.08 Å². The maximum atomic E-state index is 12.4. The van der Waals surface area contributed by atoms with Gasteiger partial charge in [0.05, 0.1) is 24.5 Å². The maximum absolute atomic E-state index is 12.4. The number of carbonyl (C=O) groups excluding carboxylic acids is 2. The Labute approximate surface area is 124 Å². The third kappa shape index (κ3) is 5.85. The summed E-state index contributed by atoms with van der Waals surface area (Å²) in [6.45, 7) is 1.58. The Hall–Kier alpha value is -2.05. The number of aromatic nitrogens is 1. The highest BCUT2D eigenvalue weighted by Crippen LogP contribution is 2.06. The van der Waals surface area contributed by atoms with E-state index in [-0.39, 0.29) is 11.5 Å². The summed E-state index contributed by atoms with van der Waals surface area (Å²) < 4.78 is 9.96. The Balaban J connectivity index is 2.87. The van der Waals surface area contributed by atoms with Crippen LogP contribution in [-0.2, 0) is 19.1 Å². The third-order valence-electron chi connectivity index (χ3n) is 2.78. The fourth-order valence-corrected chi connectivity index (χ4v) is 1.67. The van der Waals surface area contributed by atoms with E-state index in [0.29, 0.717) is 38.3 Å². The first-order valence-corrected chi connectivity index (χ1v) is 6.58. The average Bonchev–Trinajstić information content (AvgIpc) is 2.53. The lowest BCUT2D eigenvalue weighted by Crippen LogP contribution is -2.37. The number of hydrogen-bond donors (Lipinski definition) is 0. The molecule has 6 nitrogen and oxygen atoms in total. The number of methoxy groups -OCH3 is 2. The molecule has 0 aliphatic carbocycles. The van der Waals surface area contributed by atoms with Crippen LogP contribution in [-0.4, -0.2) is 62.6 Å². The van der Waals surface area contributed by atoms with Crippen molar-refractivity contribution in [1.82, 2.24) is 9.88 Å². The summed E-state index contributed by atoms with van der Waals surface area (Å²) >= 11 is 0. The predicted molar refractivity (Wildman–Crippen MR) is 78.6 cm³/mol. The number of rotatable bonds is 9. The van der Waals surface area contributed by atoms with Crippen molar-refractivity contribution in [2.24, 2.45) is 0 Å². The number of pyridine rings is 1. The molecule has 0 fully saturated rings. The first-order valence-electron chi connectivity index (χ1n) is 6.58. The van der Waals surface area contributed by atoms with Crippen LogP contribution >= 0.6 is 0 Å². The van der Waals surface area contributed by atoms with Crippen molar-refractivity contribution in [1.29, 1.82) is 0 Å². The van der Waals surface area contributed by atoms with Crippen molar-refractivity contribution in [3.63, 3.8) is 0 Å². The lowest BCUT2D eigenvalue weighted by molar-refractivity contribution is -0.129. The van der Waals surface area contributed by atoms with Gasteiger partial charge in [-0.15, -0.1) is 0 Å². The van der Waals surface area contributed by atoms with Gasteiger partial charge in [-0.1, -0.05) is 6.07 Å². The first kappa shape index (κ1) is 17.0. The average molecular weight is 292 g/mol. The van der Waals surface area contributed by atoms with Crippen molar-refractivity contribution in [3.8, 4) is 0 Å². The number of nitrogens with zero attached hydrogens (tertiary/aromatic N) is 2. The SMILES string of the molecule is COCCN(CCOC)C(=O)C(C=O)=Cc1ccccn1. The summed E-state index contributed by atoms with van der Waals surface area (Å²) in [5.41, 5.74) is 0.618. The van der Waals surface area contributed by atoms with Crippen molar-refractivity contribution in [2.75, 3.05) is 40.5 Å². The summed E-state index contributed by atoms with van der Waals surface area (Å²) in [7, 11) is 3.12. The molecule has 1 aromatic heterocycles. The predicted octanol–water partition coefficient (Wildman–Crippen LogP) is 0.785. The van der Waals surface area contributed by atoms with E-state index in [4.69, 9.17) is 9.47 Å². The third-order valence-corrected chi connectivity index (χ3v) is 2.78. The van der Waals surface area contributed by atoms with E-state index in [9.17, 15) is 9.59 Å². The molecule has 1 heterocycles. The van der Waals surface area contributed by atoms with Crippen LogP contribution in [0, 0.1) is 0 Å². The minimum Gasteiger partial charge on any atom is -0.383 e. The van der Waals surface area contributed by atoms with Gasteiger partial charge in [-0.05, 0) is 18.2 Å². The van der Waals surface area contributed by atoms with Crippen LogP contribution < -0.4 is 0 Å². The molecule has 114 valence electrons. The zero-order valence-electron chi connectivity index (χ0n) is 12.3. The van der Waals surface area contributed by atoms with Crippen LogP contribution in [0.15, 0.2) is 30.0 Å². The molecule has 6 heteroatoms. The molecule has 21 heavy (non-hydrogen) atoms. The zero-order valence-corrected chi connectivity index (χ0v) is 12.3. The Morgan fingerprint density at radius 1 is 1.24 bits per heavy atom. The summed E-state index contributed by atoms with van der Waals surface area (Å²) in [6.07, 6.45) is 3.62. The number of hydrogen-bond acceptors (Lipinski definition) is 5. The molecular weight excluding hydrogens is 272 g/mol. The molecule has 0 unspecified atom stereocenters. The van der Waals surface area contributed by atoms with Crippen LogP contribution in [0.5, 0.6) is 0 Å². The Bertz CT molecular complexity index is 466. The molecule has 1 aromatic rings. The summed E-state index contributed by atoms with van der Waals surface area (Å²) in [5, 5.41) is 0. The molecule has 0 N–H and O–H groups in total. The zero-order chi connectivity index (χ0) is 15.5. The van der Waals surface area contributed by atoms with E-state index >= 15 is 0 Å². The summed E-state index contributed by atoms with van der Waals surface area (Å²) in [4.78, 5) is 29.2. The standard InChI is InChI=1S/C15H20N2O4/c1-20-9-7-17(8-10-21-2)15(19)13(12-18)11-14-5-3-4-6-16-14/h3-6,11-12H,7-10H2,1-2H3. The molecule has 0 aliphatic rings. The van der Waals surface area contributed by atoms with Gasteiger partial charge in [0.1, 0.15) is 0 Å². The van der Waals surface area contributed by atoms with Crippen LogP contribution in [0.4, 0.5) is 0 Å². The molecule has 0 spiro atoms. The van der Waals surface area contributed by atoms with Gasteiger partial charge in [0, 0.05) is 33.5 Å². The van der Waals surface area contributed by atoms with E-state index in [1.54, 1.807) is 38.6 Å². The van der Waals surface area contributed by atoms with E-state index < -0.39 is 0 Å². The fourth-order valence-electron chi connectivity index (χ4n) is 1.67. The lowest BCUT2D eigenvalue weighted by Gasteiger charge is -2.21. The van der Waals surface area contributed by atoms with Crippen molar-refractivity contribution in [2.45, 2.75) is 0 Å². The van der Waals surface area contributed by atoms with E-state index in [2.05, 4.69) is 4.98 Å². The molecule has 0 aromatic carbocycles. The fraction of sp³-hybridized carbons (Fsp3) is 0.400. The van der Waals surface area contributed by atoms with Gasteiger partial charge in [0.25, 0.3) is 5.91 Å². The second-order valence-corrected chi connectivity index (χ2v) is 4.25. The molecule has 1 amide bonds.